The third kappa shape index (κ3) is 4.25. The van der Waals surface area contributed by atoms with Crippen LogP contribution in [0.5, 0.6) is 5.75 Å². The smallest absolute Gasteiger partial charge is 0.123 e. The van der Waals surface area contributed by atoms with Gasteiger partial charge in [-0.2, -0.15) is 0 Å². The average Bonchev–Trinajstić information content (AvgIpc) is 2.46. The van der Waals surface area contributed by atoms with Gasteiger partial charge in [-0.15, -0.1) is 0 Å². The lowest BCUT2D eigenvalue weighted by molar-refractivity contribution is 0.399. The molecule has 0 saturated heterocycles. The van der Waals surface area contributed by atoms with E-state index < -0.39 is 0 Å². The number of nitrogens with zero attached hydrogens (tertiary/aromatic N) is 1. The van der Waals surface area contributed by atoms with E-state index in [-0.39, 0.29) is 11.9 Å². The summed E-state index contributed by atoms with van der Waals surface area (Å²) in [6.07, 6.45) is 1.75. The fourth-order valence-electron chi connectivity index (χ4n) is 1.98. The second-order valence-electron chi connectivity index (χ2n) is 4.57. The first-order valence-corrected chi connectivity index (χ1v) is 7.96. The number of aromatic nitrogens is 1. The van der Waals surface area contributed by atoms with E-state index in [1.54, 1.807) is 19.4 Å². The summed E-state index contributed by atoms with van der Waals surface area (Å²) in [5.41, 5.74) is 1.67. The summed E-state index contributed by atoms with van der Waals surface area (Å²) < 4.78 is 20.5. The lowest BCUT2D eigenvalue weighted by Gasteiger charge is -2.17. The van der Waals surface area contributed by atoms with Crippen molar-refractivity contribution in [2.45, 2.75) is 19.5 Å². The summed E-state index contributed by atoms with van der Waals surface area (Å²) in [7, 11) is 1.58. The maximum Gasteiger partial charge on any atom is 0.123 e. The number of nitrogens with one attached hydrogen (secondary N) is 1. The molecule has 0 bridgehead atoms. The second-order valence-corrected chi connectivity index (χ2v) is 6.34. The first-order valence-electron chi connectivity index (χ1n) is 6.38. The topological polar surface area (TPSA) is 34.1 Å². The number of benzene rings is 1. The number of pyridine rings is 1. The van der Waals surface area contributed by atoms with Gasteiger partial charge in [0.05, 0.1) is 12.8 Å². The Morgan fingerprint density at radius 1 is 1.33 bits per heavy atom. The maximum absolute atomic E-state index is 13.4. The van der Waals surface area contributed by atoms with Crippen LogP contribution in [0.25, 0.3) is 0 Å². The van der Waals surface area contributed by atoms with Crippen molar-refractivity contribution in [3.8, 4) is 5.75 Å². The number of ether oxygens (including phenoxy) is 1. The van der Waals surface area contributed by atoms with Crippen molar-refractivity contribution in [1.29, 1.82) is 0 Å². The highest BCUT2D eigenvalue weighted by atomic mass is 79.9. The van der Waals surface area contributed by atoms with Gasteiger partial charge >= 0.3 is 0 Å². The fourth-order valence-corrected chi connectivity index (χ4v) is 3.10. The first kappa shape index (κ1) is 16.4. The molecule has 0 aliphatic rings. The molecule has 0 fully saturated rings. The van der Waals surface area contributed by atoms with E-state index in [0.29, 0.717) is 12.3 Å². The molecule has 3 nitrogen and oxygen atoms in total. The molecule has 6 heteroatoms. The molecular formula is C15H15Br2FN2O. The summed E-state index contributed by atoms with van der Waals surface area (Å²) in [5.74, 6) is 0.390. The molecule has 1 aromatic carbocycles. The Morgan fingerprint density at radius 2 is 2.10 bits per heavy atom. The molecule has 2 rings (SSSR count). The Bertz CT molecular complexity index is 637. The predicted octanol–water partition coefficient (Wildman–Crippen LogP) is 4.61. The van der Waals surface area contributed by atoms with Gasteiger partial charge < -0.3 is 10.1 Å². The quantitative estimate of drug-likeness (QED) is 0.771. The molecule has 0 spiro atoms. The molecule has 0 saturated carbocycles. The van der Waals surface area contributed by atoms with Crippen molar-refractivity contribution in [3.63, 3.8) is 0 Å². The van der Waals surface area contributed by atoms with Crippen LogP contribution in [0.2, 0.25) is 0 Å². The van der Waals surface area contributed by atoms with Gasteiger partial charge in [-0.25, -0.2) is 4.39 Å². The zero-order valence-corrected chi connectivity index (χ0v) is 14.8. The minimum absolute atomic E-state index is 0.0620. The molecule has 21 heavy (non-hydrogen) atoms. The van der Waals surface area contributed by atoms with E-state index in [2.05, 4.69) is 42.2 Å². The van der Waals surface area contributed by atoms with Crippen LogP contribution < -0.4 is 10.1 Å². The number of rotatable bonds is 5. The fraction of sp³-hybridized carbons (Fsp3) is 0.267. The van der Waals surface area contributed by atoms with Crippen LogP contribution in [0, 0.1) is 5.82 Å². The standard InChI is InChI=1S/C15H15Br2FN2O/c1-9(12-6-11(18)3-4-15(12)21-2)19-8-14-13(17)5-10(16)7-20-14/h3-7,9,19H,8H2,1-2H3. The summed E-state index contributed by atoms with van der Waals surface area (Å²) in [6.45, 7) is 2.53. The van der Waals surface area contributed by atoms with Crippen molar-refractivity contribution >= 4 is 31.9 Å². The van der Waals surface area contributed by atoms with E-state index in [1.807, 2.05) is 13.0 Å². The summed E-state index contributed by atoms with van der Waals surface area (Å²) >= 11 is 6.84. The Balaban J connectivity index is 2.11. The van der Waals surface area contributed by atoms with Crippen LogP contribution in [0.4, 0.5) is 4.39 Å². The van der Waals surface area contributed by atoms with E-state index in [0.717, 1.165) is 20.2 Å². The van der Waals surface area contributed by atoms with Crippen LogP contribution >= 0.6 is 31.9 Å². The van der Waals surface area contributed by atoms with Crippen molar-refractivity contribution in [2.75, 3.05) is 7.11 Å². The monoisotopic (exact) mass is 416 g/mol. The summed E-state index contributed by atoms with van der Waals surface area (Å²) in [4.78, 5) is 4.34. The van der Waals surface area contributed by atoms with Crippen LogP contribution in [-0.4, -0.2) is 12.1 Å². The molecular weight excluding hydrogens is 403 g/mol. The van der Waals surface area contributed by atoms with Crippen molar-refractivity contribution < 1.29 is 9.13 Å². The Hall–Kier alpha value is -0.980. The van der Waals surface area contributed by atoms with Gasteiger partial charge in [-0.3, -0.25) is 4.98 Å². The Labute approximate surface area is 140 Å². The molecule has 1 heterocycles. The molecule has 0 aliphatic heterocycles. The maximum atomic E-state index is 13.4. The van der Waals surface area contributed by atoms with Gasteiger partial charge in [0.25, 0.3) is 0 Å². The van der Waals surface area contributed by atoms with E-state index in [1.165, 1.54) is 12.1 Å². The minimum Gasteiger partial charge on any atom is -0.496 e. The molecule has 1 unspecified atom stereocenters. The molecule has 1 atom stereocenters. The normalized spacial score (nSPS) is 12.2. The number of halogens is 3. The third-order valence-electron chi connectivity index (χ3n) is 3.12. The van der Waals surface area contributed by atoms with Crippen molar-refractivity contribution in [1.82, 2.24) is 10.3 Å². The molecule has 0 aliphatic carbocycles. The van der Waals surface area contributed by atoms with Crippen LogP contribution in [0.3, 0.4) is 0 Å². The SMILES string of the molecule is COc1ccc(F)cc1C(C)NCc1ncc(Br)cc1Br. The molecule has 2 aromatic rings. The molecule has 0 radical (unpaired) electrons. The second kappa shape index (κ2) is 7.33. The summed E-state index contributed by atoms with van der Waals surface area (Å²) in [6, 6.07) is 6.39. The highest BCUT2D eigenvalue weighted by molar-refractivity contribution is 9.11. The van der Waals surface area contributed by atoms with E-state index >= 15 is 0 Å². The van der Waals surface area contributed by atoms with Gasteiger partial charge in [0.1, 0.15) is 11.6 Å². The Morgan fingerprint density at radius 3 is 2.76 bits per heavy atom. The zero-order valence-electron chi connectivity index (χ0n) is 11.7. The Kier molecular flexibility index (Phi) is 5.72. The molecule has 0 amide bonds. The van der Waals surface area contributed by atoms with Crippen LogP contribution in [0.15, 0.2) is 39.4 Å². The molecule has 112 valence electrons. The summed E-state index contributed by atoms with van der Waals surface area (Å²) in [5, 5.41) is 3.32. The van der Waals surface area contributed by atoms with Gasteiger partial charge in [0.15, 0.2) is 0 Å². The highest BCUT2D eigenvalue weighted by Crippen LogP contribution is 2.26. The third-order valence-corrected chi connectivity index (χ3v) is 4.24. The predicted molar refractivity (Wildman–Crippen MR) is 87.8 cm³/mol. The zero-order chi connectivity index (χ0) is 15.4. The highest BCUT2D eigenvalue weighted by Gasteiger charge is 2.13. The van der Waals surface area contributed by atoms with Crippen LogP contribution in [0.1, 0.15) is 24.2 Å². The van der Waals surface area contributed by atoms with Gasteiger partial charge in [-0.1, -0.05) is 0 Å². The van der Waals surface area contributed by atoms with Gasteiger partial charge in [0, 0.05) is 33.3 Å². The lowest BCUT2D eigenvalue weighted by Crippen LogP contribution is -2.19. The average molecular weight is 418 g/mol. The van der Waals surface area contributed by atoms with Crippen molar-refractivity contribution in [2.24, 2.45) is 0 Å². The number of hydrogen-bond donors (Lipinski definition) is 1. The van der Waals surface area contributed by atoms with Gasteiger partial charge in [0.2, 0.25) is 0 Å². The minimum atomic E-state index is -0.276. The molecule has 1 aromatic heterocycles. The number of methoxy groups -OCH3 is 1. The van der Waals surface area contributed by atoms with E-state index in [9.17, 15) is 4.39 Å². The lowest BCUT2D eigenvalue weighted by atomic mass is 10.1. The first-order chi connectivity index (χ1) is 10.0. The van der Waals surface area contributed by atoms with Gasteiger partial charge in [-0.05, 0) is 63.0 Å². The van der Waals surface area contributed by atoms with E-state index in [4.69, 9.17) is 4.74 Å². The van der Waals surface area contributed by atoms with Crippen molar-refractivity contribution in [3.05, 3.63) is 56.5 Å². The largest absolute Gasteiger partial charge is 0.496 e. The number of hydrogen-bond acceptors (Lipinski definition) is 3. The molecule has 1 N–H and O–H groups in total. The van der Waals surface area contributed by atoms with Crippen LogP contribution in [-0.2, 0) is 6.54 Å².